The number of carbonyl (C=O) groups excluding carboxylic acids is 4. The molecule has 3 N–H and O–H groups in total. The summed E-state index contributed by atoms with van der Waals surface area (Å²) in [6, 6.07) is 0. The first-order valence-electron chi connectivity index (χ1n) is 46.3. The van der Waals surface area contributed by atoms with Gasteiger partial charge in [-0.15, -0.1) is 0 Å². The number of carbonyl (C=O) groups is 4. The number of esters is 4. The average molecular weight is 1580 g/mol. The summed E-state index contributed by atoms with van der Waals surface area (Å²) in [5.74, 6) is -2.10. The number of phosphoric acid groups is 2. The van der Waals surface area contributed by atoms with Gasteiger partial charge in [-0.05, 0) is 25.7 Å². The Morgan fingerprint density at radius 3 is 0.546 bits per heavy atom. The lowest BCUT2D eigenvalue weighted by atomic mass is 10.0. The Hall–Kier alpha value is -1.94. The Morgan fingerprint density at radius 2 is 0.370 bits per heavy atom. The summed E-state index contributed by atoms with van der Waals surface area (Å²) in [7, 11) is -9.93. The molecule has 108 heavy (non-hydrogen) atoms. The molecule has 19 heteroatoms. The Morgan fingerprint density at radius 1 is 0.222 bits per heavy atom. The highest BCUT2D eigenvalue weighted by atomic mass is 31.2. The van der Waals surface area contributed by atoms with Gasteiger partial charge in [-0.1, -0.05) is 439 Å². The molecule has 0 saturated carbocycles. The van der Waals surface area contributed by atoms with Gasteiger partial charge in [-0.25, -0.2) is 9.13 Å². The third kappa shape index (κ3) is 82.1. The molecular formula is C89H174O17P2. The normalized spacial score (nSPS) is 13.7. The van der Waals surface area contributed by atoms with Gasteiger partial charge in [-0.3, -0.25) is 37.3 Å². The van der Waals surface area contributed by atoms with Gasteiger partial charge in [-0.2, -0.15) is 0 Å². The van der Waals surface area contributed by atoms with Crippen molar-refractivity contribution in [2.75, 3.05) is 39.6 Å². The summed E-state index contributed by atoms with van der Waals surface area (Å²) < 4.78 is 68.9. The Bertz CT molecular complexity index is 2030. The zero-order chi connectivity index (χ0) is 78.9. The molecule has 0 saturated heterocycles. The fourth-order valence-corrected chi connectivity index (χ4v) is 15.6. The van der Waals surface area contributed by atoms with Crippen LogP contribution in [0.15, 0.2) is 0 Å². The number of aliphatic hydroxyl groups excluding tert-OH is 1. The van der Waals surface area contributed by atoms with Gasteiger partial charge in [0.2, 0.25) is 0 Å². The standard InChI is InChI=1S/C89H174O17P2/c1-5-9-13-17-21-25-28-31-34-37-39-41-43-45-47-50-53-56-60-64-68-72-76-89(94)106-85(80-100-87(92)74-70-66-62-58-54-51-49-46-44-42-40-38-35-32-29-26-22-18-14-10-6-2)82-104-108(97,98)102-78-83(90)77-101-107(95,96)103-81-84(79-99-86(91)73-69-65-61-57-24-20-16-12-8-4)105-88(93)75-71-67-63-59-55-52-48-36-33-30-27-23-19-15-11-7-3/h83-85,90H,5-82H2,1-4H3,(H,95,96)(H,97,98)/t83-,84+,85+/m0/s1. The minimum Gasteiger partial charge on any atom is -0.462 e. The number of ether oxygens (including phenoxy) is 4. The predicted octanol–water partition coefficient (Wildman–Crippen LogP) is 27.7. The summed E-state index contributed by atoms with van der Waals surface area (Å²) in [6.07, 6.45) is 79.4. The van der Waals surface area contributed by atoms with Crippen LogP contribution >= 0.6 is 15.6 Å². The molecule has 5 atom stereocenters. The number of aliphatic hydroxyl groups is 1. The highest BCUT2D eigenvalue weighted by Crippen LogP contribution is 2.45. The predicted molar refractivity (Wildman–Crippen MR) is 446 cm³/mol. The van der Waals surface area contributed by atoms with Gasteiger partial charge in [0.05, 0.1) is 26.4 Å². The van der Waals surface area contributed by atoms with Gasteiger partial charge < -0.3 is 33.8 Å². The molecule has 0 heterocycles. The molecule has 0 radical (unpaired) electrons. The monoisotopic (exact) mass is 1580 g/mol. The van der Waals surface area contributed by atoms with E-state index in [1.165, 1.54) is 321 Å². The summed E-state index contributed by atoms with van der Waals surface area (Å²) in [5.41, 5.74) is 0. The van der Waals surface area contributed by atoms with E-state index in [0.717, 1.165) is 89.9 Å². The smallest absolute Gasteiger partial charge is 0.462 e. The molecular weight excluding hydrogens is 1400 g/mol. The van der Waals surface area contributed by atoms with E-state index in [-0.39, 0.29) is 25.7 Å². The average Bonchev–Trinajstić information content (AvgIpc) is 0.903. The van der Waals surface area contributed by atoms with Crippen LogP contribution in [0.25, 0.3) is 0 Å². The molecule has 0 aliphatic heterocycles. The fourth-order valence-electron chi connectivity index (χ4n) is 14.1. The van der Waals surface area contributed by atoms with Crippen molar-refractivity contribution >= 4 is 39.5 Å². The van der Waals surface area contributed by atoms with E-state index in [4.69, 9.17) is 37.0 Å². The van der Waals surface area contributed by atoms with E-state index in [0.29, 0.717) is 25.7 Å². The SMILES string of the molecule is CCCCCCCCCCCCCCCCCCCCCCCCC(=O)O[C@H](COC(=O)CCCCCCCCCCCCCCCCCCCCCCC)COP(=O)(O)OC[C@@H](O)COP(=O)(O)OC[C@@H](COC(=O)CCCCCCCCCCC)OC(=O)CCCCCCCCCCCCCCCCCC. The molecule has 0 aromatic heterocycles. The number of rotatable bonds is 90. The Balaban J connectivity index is 5.19. The second-order valence-electron chi connectivity index (χ2n) is 32.0. The van der Waals surface area contributed by atoms with Crippen LogP contribution in [-0.4, -0.2) is 96.7 Å². The summed E-state index contributed by atoms with van der Waals surface area (Å²) in [6.45, 7) is 5.05. The third-order valence-electron chi connectivity index (χ3n) is 21.1. The first-order valence-corrected chi connectivity index (χ1v) is 49.3. The minimum absolute atomic E-state index is 0.109. The van der Waals surface area contributed by atoms with E-state index in [1.54, 1.807) is 0 Å². The maximum atomic E-state index is 13.2. The highest BCUT2D eigenvalue weighted by molar-refractivity contribution is 7.47. The van der Waals surface area contributed by atoms with E-state index in [9.17, 15) is 43.2 Å². The molecule has 2 unspecified atom stereocenters. The van der Waals surface area contributed by atoms with Crippen molar-refractivity contribution in [3.05, 3.63) is 0 Å². The van der Waals surface area contributed by atoms with Crippen molar-refractivity contribution in [2.45, 2.75) is 508 Å². The van der Waals surface area contributed by atoms with Crippen LogP contribution in [0.3, 0.4) is 0 Å². The molecule has 0 bridgehead atoms. The fraction of sp³-hybridized carbons (Fsp3) is 0.955. The quantitative estimate of drug-likeness (QED) is 0.0222. The van der Waals surface area contributed by atoms with Crippen molar-refractivity contribution in [1.29, 1.82) is 0 Å². The lowest BCUT2D eigenvalue weighted by Crippen LogP contribution is -2.30. The first-order chi connectivity index (χ1) is 52.7. The van der Waals surface area contributed by atoms with E-state index in [2.05, 4.69) is 27.7 Å². The lowest BCUT2D eigenvalue weighted by molar-refractivity contribution is -0.161. The van der Waals surface area contributed by atoms with Crippen molar-refractivity contribution in [1.82, 2.24) is 0 Å². The van der Waals surface area contributed by atoms with Crippen LogP contribution in [0, 0.1) is 0 Å². The lowest BCUT2D eigenvalue weighted by Gasteiger charge is -2.21. The van der Waals surface area contributed by atoms with Crippen LogP contribution in [-0.2, 0) is 65.4 Å². The van der Waals surface area contributed by atoms with Crippen molar-refractivity contribution in [3.8, 4) is 0 Å². The topological polar surface area (TPSA) is 237 Å². The van der Waals surface area contributed by atoms with E-state index < -0.39 is 97.5 Å². The molecule has 0 amide bonds. The van der Waals surface area contributed by atoms with Crippen LogP contribution < -0.4 is 0 Å². The Kier molecular flexibility index (Phi) is 81.5. The summed E-state index contributed by atoms with van der Waals surface area (Å²) in [5, 5.41) is 10.7. The minimum atomic E-state index is -4.97. The van der Waals surface area contributed by atoms with Crippen LogP contribution in [0.4, 0.5) is 0 Å². The van der Waals surface area contributed by atoms with Crippen molar-refractivity contribution in [3.63, 3.8) is 0 Å². The third-order valence-corrected chi connectivity index (χ3v) is 23.0. The van der Waals surface area contributed by atoms with Crippen LogP contribution in [0.5, 0.6) is 0 Å². The largest absolute Gasteiger partial charge is 0.472 e. The zero-order valence-electron chi connectivity index (χ0n) is 70.8. The Labute approximate surface area is 664 Å². The van der Waals surface area contributed by atoms with Gasteiger partial charge in [0.15, 0.2) is 12.2 Å². The van der Waals surface area contributed by atoms with Crippen LogP contribution in [0.2, 0.25) is 0 Å². The zero-order valence-corrected chi connectivity index (χ0v) is 72.6. The molecule has 0 aliphatic rings. The first kappa shape index (κ1) is 106. The number of hydrogen-bond donors (Lipinski definition) is 3. The molecule has 17 nitrogen and oxygen atoms in total. The maximum Gasteiger partial charge on any atom is 0.472 e. The number of hydrogen-bond acceptors (Lipinski definition) is 15. The van der Waals surface area contributed by atoms with Crippen molar-refractivity contribution in [2.24, 2.45) is 0 Å². The number of unbranched alkanes of at least 4 members (excludes halogenated alkanes) is 64. The number of phosphoric ester groups is 2. The summed E-state index contributed by atoms with van der Waals surface area (Å²) in [4.78, 5) is 73.2. The van der Waals surface area contributed by atoms with Gasteiger partial charge >= 0.3 is 39.5 Å². The molecule has 0 aromatic rings. The van der Waals surface area contributed by atoms with E-state index >= 15 is 0 Å². The second kappa shape index (κ2) is 83.0. The van der Waals surface area contributed by atoms with Gasteiger partial charge in [0.1, 0.15) is 19.3 Å². The molecule has 0 rings (SSSR count). The second-order valence-corrected chi connectivity index (χ2v) is 34.9. The highest BCUT2D eigenvalue weighted by Gasteiger charge is 2.30. The molecule has 642 valence electrons. The molecule has 0 spiro atoms. The maximum absolute atomic E-state index is 13.2. The van der Waals surface area contributed by atoms with E-state index in [1.807, 2.05) is 0 Å². The molecule has 0 fully saturated rings. The van der Waals surface area contributed by atoms with Gasteiger partial charge in [0.25, 0.3) is 0 Å². The van der Waals surface area contributed by atoms with Crippen molar-refractivity contribution < 1.29 is 80.2 Å². The molecule has 0 aromatic carbocycles. The molecule has 0 aliphatic carbocycles. The van der Waals surface area contributed by atoms with Gasteiger partial charge in [0, 0.05) is 25.7 Å². The van der Waals surface area contributed by atoms with Crippen LogP contribution in [0.1, 0.15) is 490 Å². The summed E-state index contributed by atoms with van der Waals surface area (Å²) >= 11 is 0.